The standard InChI is InChI=1S/C24H24N4O3/c1-16-14-18(23(26)28-10-2-3-11-28)5-7-20(16)24(29)31-13-12-30-19-6-4-17-8-9-27-22(25)21(17)15-19/h2-9,14-15,26H,10-13H2,1H3,(H2,25,27). The monoisotopic (exact) mass is 416 g/mol. The summed E-state index contributed by atoms with van der Waals surface area (Å²) in [6.45, 7) is 3.67. The predicted molar refractivity (Wildman–Crippen MR) is 121 cm³/mol. The highest BCUT2D eigenvalue weighted by Crippen LogP contribution is 2.24. The van der Waals surface area contributed by atoms with Crippen molar-refractivity contribution in [1.29, 1.82) is 5.41 Å². The number of aryl methyl sites for hydroxylation is 1. The number of nitrogens with two attached hydrogens (primary N) is 1. The number of amidine groups is 1. The lowest BCUT2D eigenvalue weighted by atomic mass is 10.0. The number of pyridine rings is 1. The summed E-state index contributed by atoms with van der Waals surface area (Å²) in [5.74, 6) is 1.13. The minimum absolute atomic E-state index is 0.121. The van der Waals surface area contributed by atoms with Crippen LogP contribution in [-0.2, 0) is 4.74 Å². The Hall–Kier alpha value is -3.87. The molecule has 0 spiro atoms. The largest absolute Gasteiger partial charge is 0.490 e. The van der Waals surface area contributed by atoms with Gasteiger partial charge in [-0.15, -0.1) is 0 Å². The topological polar surface area (TPSA) is 102 Å². The smallest absolute Gasteiger partial charge is 0.338 e. The lowest BCUT2D eigenvalue weighted by Gasteiger charge is -2.19. The van der Waals surface area contributed by atoms with Crippen LogP contribution < -0.4 is 10.5 Å². The number of carbonyl (C=O) groups is 1. The first-order valence-electron chi connectivity index (χ1n) is 10.1. The normalized spacial score (nSPS) is 12.9. The number of esters is 1. The van der Waals surface area contributed by atoms with E-state index in [1.807, 2.05) is 54.3 Å². The van der Waals surface area contributed by atoms with Crippen LogP contribution in [-0.4, -0.2) is 48.0 Å². The number of anilines is 1. The number of hydrogen-bond acceptors (Lipinski definition) is 6. The van der Waals surface area contributed by atoms with Gasteiger partial charge in [0.1, 0.15) is 30.6 Å². The quantitative estimate of drug-likeness (QED) is 0.209. The molecule has 0 atom stereocenters. The fourth-order valence-electron chi connectivity index (χ4n) is 3.51. The molecule has 0 unspecified atom stereocenters. The van der Waals surface area contributed by atoms with Crippen molar-refractivity contribution in [3.05, 3.63) is 77.5 Å². The maximum absolute atomic E-state index is 12.5. The average molecular weight is 416 g/mol. The molecule has 0 aliphatic carbocycles. The summed E-state index contributed by atoms with van der Waals surface area (Å²) in [5.41, 5.74) is 7.95. The van der Waals surface area contributed by atoms with Gasteiger partial charge in [0.05, 0.1) is 5.56 Å². The fraction of sp³-hybridized carbons (Fsp3) is 0.208. The van der Waals surface area contributed by atoms with Crippen LogP contribution in [0.2, 0.25) is 0 Å². The molecule has 2 aromatic carbocycles. The highest BCUT2D eigenvalue weighted by molar-refractivity contribution is 5.99. The van der Waals surface area contributed by atoms with E-state index in [4.69, 9.17) is 20.6 Å². The number of fused-ring (bicyclic) bond motifs is 1. The summed E-state index contributed by atoms with van der Waals surface area (Å²) in [5, 5.41) is 10.1. The number of carbonyl (C=O) groups excluding carboxylic acids is 1. The van der Waals surface area contributed by atoms with Gasteiger partial charge in [0.25, 0.3) is 0 Å². The van der Waals surface area contributed by atoms with Crippen LogP contribution in [0.4, 0.5) is 5.82 Å². The summed E-state index contributed by atoms with van der Waals surface area (Å²) >= 11 is 0. The third-order valence-corrected chi connectivity index (χ3v) is 5.21. The summed E-state index contributed by atoms with van der Waals surface area (Å²) < 4.78 is 11.1. The molecule has 0 saturated carbocycles. The van der Waals surface area contributed by atoms with E-state index in [1.165, 1.54) is 0 Å². The Morgan fingerprint density at radius 1 is 1.13 bits per heavy atom. The Bertz CT molecular complexity index is 1160. The minimum Gasteiger partial charge on any atom is -0.490 e. The van der Waals surface area contributed by atoms with Gasteiger partial charge < -0.3 is 20.1 Å². The molecule has 3 aromatic rings. The maximum Gasteiger partial charge on any atom is 0.338 e. The van der Waals surface area contributed by atoms with Gasteiger partial charge in [-0.3, -0.25) is 5.41 Å². The van der Waals surface area contributed by atoms with Crippen LogP contribution in [0.25, 0.3) is 10.8 Å². The highest BCUT2D eigenvalue weighted by atomic mass is 16.6. The first-order chi connectivity index (χ1) is 15.0. The molecule has 3 N–H and O–H groups in total. The fourth-order valence-corrected chi connectivity index (χ4v) is 3.51. The molecule has 0 bridgehead atoms. The Balaban J connectivity index is 1.31. The molecule has 4 rings (SSSR count). The van der Waals surface area contributed by atoms with Crippen molar-refractivity contribution in [2.45, 2.75) is 6.92 Å². The number of hydrogen-bond donors (Lipinski definition) is 2. The third kappa shape index (κ3) is 4.50. The summed E-state index contributed by atoms with van der Waals surface area (Å²) in [6.07, 6.45) is 5.75. The van der Waals surface area contributed by atoms with Crippen LogP contribution >= 0.6 is 0 Å². The second-order valence-corrected chi connectivity index (χ2v) is 7.32. The van der Waals surface area contributed by atoms with Crippen molar-refractivity contribution in [2.24, 2.45) is 0 Å². The van der Waals surface area contributed by atoms with E-state index in [-0.39, 0.29) is 13.2 Å². The number of nitrogen functional groups attached to an aromatic ring is 1. The molecule has 0 radical (unpaired) electrons. The summed E-state index contributed by atoms with van der Waals surface area (Å²) in [4.78, 5) is 18.5. The molecule has 7 nitrogen and oxygen atoms in total. The number of aromatic nitrogens is 1. The van der Waals surface area contributed by atoms with Crippen molar-refractivity contribution < 1.29 is 14.3 Å². The van der Waals surface area contributed by atoms with E-state index < -0.39 is 5.97 Å². The van der Waals surface area contributed by atoms with Crippen molar-refractivity contribution in [3.8, 4) is 5.75 Å². The second kappa shape index (κ2) is 8.87. The molecular weight excluding hydrogens is 392 g/mol. The van der Waals surface area contributed by atoms with Crippen LogP contribution in [0.5, 0.6) is 5.75 Å². The van der Waals surface area contributed by atoms with Gasteiger partial charge in [-0.05, 0) is 48.2 Å². The van der Waals surface area contributed by atoms with Gasteiger partial charge in [0, 0.05) is 30.2 Å². The average Bonchev–Trinajstić information content (AvgIpc) is 3.31. The molecular formula is C24H24N4O3. The molecule has 158 valence electrons. The Kier molecular flexibility index (Phi) is 5.84. The van der Waals surface area contributed by atoms with E-state index >= 15 is 0 Å². The Morgan fingerprint density at radius 2 is 1.94 bits per heavy atom. The van der Waals surface area contributed by atoms with Gasteiger partial charge >= 0.3 is 5.97 Å². The number of nitrogens with zero attached hydrogens (tertiary/aromatic N) is 2. The van der Waals surface area contributed by atoms with Crippen molar-refractivity contribution in [1.82, 2.24) is 9.88 Å². The first kappa shape index (κ1) is 20.4. The summed E-state index contributed by atoms with van der Waals surface area (Å²) in [7, 11) is 0. The van der Waals surface area contributed by atoms with Crippen molar-refractivity contribution >= 4 is 28.4 Å². The third-order valence-electron chi connectivity index (χ3n) is 5.21. The maximum atomic E-state index is 12.5. The molecule has 1 aliphatic rings. The molecule has 0 saturated heterocycles. The highest BCUT2D eigenvalue weighted by Gasteiger charge is 2.16. The van der Waals surface area contributed by atoms with E-state index in [2.05, 4.69) is 4.98 Å². The lowest BCUT2D eigenvalue weighted by molar-refractivity contribution is 0.0449. The van der Waals surface area contributed by atoms with Gasteiger partial charge in [-0.25, -0.2) is 9.78 Å². The molecule has 0 amide bonds. The SMILES string of the molecule is Cc1cc(C(=N)N2CC=CC2)ccc1C(=O)OCCOc1ccc2ccnc(N)c2c1. The van der Waals surface area contributed by atoms with E-state index in [9.17, 15) is 4.79 Å². The zero-order chi connectivity index (χ0) is 21.8. The molecule has 1 aromatic heterocycles. The molecule has 0 fully saturated rings. The van der Waals surface area contributed by atoms with Crippen LogP contribution in [0, 0.1) is 12.3 Å². The molecule has 31 heavy (non-hydrogen) atoms. The Labute approximate surface area is 180 Å². The predicted octanol–water partition coefficient (Wildman–Crippen LogP) is 3.56. The second-order valence-electron chi connectivity index (χ2n) is 7.32. The van der Waals surface area contributed by atoms with Gasteiger partial charge in [-0.1, -0.05) is 24.3 Å². The van der Waals surface area contributed by atoms with Crippen LogP contribution in [0.15, 0.2) is 60.8 Å². The first-order valence-corrected chi connectivity index (χ1v) is 10.1. The van der Waals surface area contributed by atoms with E-state index in [0.717, 1.165) is 35.0 Å². The number of nitrogens with one attached hydrogen (secondary N) is 1. The molecule has 1 aliphatic heterocycles. The minimum atomic E-state index is -0.408. The number of benzene rings is 2. The van der Waals surface area contributed by atoms with Crippen molar-refractivity contribution in [3.63, 3.8) is 0 Å². The number of rotatable bonds is 6. The van der Waals surface area contributed by atoms with Crippen molar-refractivity contribution in [2.75, 3.05) is 32.0 Å². The zero-order valence-electron chi connectivity index (χ0n) is 17.3. The van der Waals surface area contributed by atoms with Crippen LogP contribution in [0.1, 0.15) is 21.5 Å². The van der Waals surface area contributed by atoms with E-state index in [1.54, 1.807) is 18.3 Å². The van der Waals surface area contributed by atoms with E-state index in [0.29, 0.717) is 23.0 Å². The lowest BCUT2D eigenvalue weighted by Crippen LogP contribution is -2.28. The zero-order valence-corrected chi connectivity index (χ0v) is 17.3. The molecule has 7 heteroatoms. The van der Waals surface area contributed by atoms with Crippen LogP contribution in [0.3, 0.4) is 0 Å². The summed E-state index contributed by atoms with van der Waals surface area (Å²) in [6, 6.07) is 12.8. The van der Waals surface area contributed by atoms with Gasteiger partial charge in [-0.2, -0.15) is 0 Å². The molecule has 2 heterocycles. The number of ether oxygens (including phenoxy) is 2. The van der Waals surface area contributed by atoms with Gasteiger partial charge in [0.2, 0.25) is 0 Å². The van der Waals surface area contributed by atoms with Gasteiger partial charge in [0.15, 0.2) is 0 Å². The Morgan fingerprint density at radius 3 is 2.71 bits per heavy atom.